The molecular formula is C17H20ClFN2O2. The van der Waals surface area contributed by atoms with Crippen LogP contribution in [0.4, 0.5) is 4.39 Å². The van der Waals surface area contributed by atoms with Crippen molar-refractivity contribution < 1.29 is 13.9 Å². The summed E-state index contributed by atoms with van der Waals surface area (Å²) in [5.74, 6) is -0.223. The molecule has 1 amide bonds. The molecule has 0 spiro atoms. The maximum atomic E-state index is 13.8. The molecule has 1 aliphatic carbocycles. The van der Waals surface area contributed by atoms with Crippen LogP contribution in [0, 0.1) is 11.7 Å². The molecule has 3 fully saturated rings. The highest BCUT2D eigenvalue weighted by atomic mass is 35.5. The summed E-state index contributed by atoms with van der Waals surface area (Å²) in [6.45, 7) is 2.51. The lowest BCUT2D eigenvalue weighted by Crippen LogP contribution is -2.47. The molecule has 3 aliphatic rings. The molecule has 0 aromatic heterocycles. The van der Waals surface area contributed by atoms with E-state index in [0.29, 0.717) is 17.2 Å². The fourth-order valence-electron chi connectivity index (χ4n) is 3.69. The molecule has 0 bridgehead atoms. The number of amides is 1. The Bertz CT molecular complexity index is 623. The molecule has 3 atom stereocenters. The fourth-order valence-corrected chi connectivity index (χ4v) is 3.85. The normalized spacial score (nSPS) is 31.0. The van der Waals surface area contributed by atoms with E-state index in [1.807, 2.05) is 0 Å². The number of benzene rings is 1. The second kappa shape index (κ2) is 6.04. The summed E-state index contributed by atoms with van der Waals surface area (Å²) in [5, 5.41) is 3.24. The van der Waals surface area contributed by atoms with E-state index in [-0.39, 0.29) is 17.5 Å². The number of halogens is 2. The Hall–Kier alpha value is -1.17. The van der Waals surface area contributed by atoms with E-state index in [0.717, 1.165) is 32.0 Å². The number of hydrogen-bond donors (Lipinski definition) is 1. The molecule has 124 valence electrons. The minimum absolute atomic E-state index is 0.0455. The summed E-state index contributed by atoms with van der Waals surface area (Å²) in [6, 6.07) is 4.55. The van der Waals surface area contributed by atoms with Crippen LogP contribution in [0.2, 0.25) is 5.02 Å². The van der Waals surface area contributed by atoms with Crippen molar-refractivity contribution in [1.82, 2.24) is 10.2 Å². The van der Waals surface area contributed by atoms with Crippen LogP contribution in [0.5, 0.6) is 0 Å². The second-order valence-electron chi connectivity index (χ2n) is 6.85. The third-order valence-corrected chi connectivity index (χ3v) is 5.34. The van der Waals surface area contributed by atoms with Gasteiger partial charge in [-0.15, -0.1) is 0 Å². The molecule has 1 aromatic carbocycles. The van der Waals surface area contributed by atoms with Crippen molar-refractivity contribution in [3.8, 4) is 0 Å². The second-order valence-corrected chi connectivity index (χ2v) is 7.28. The van der Waals surface area contributed by atoms with E-state index in [9.17, 15) is 9.18 Å². The van der Waals surface area contributed by atoms with Crippen molar-refractivity contribution in [2.75, 3.05) is 19.7 Å². The number of hydrogen-bond acceptors (Lipinski definition) is 3. The van der Waals surface area contributed by atoms with Gasteiger partial charge < -0.3 is 10.1 Å². The Morgan fingerprint density at radius 1 is 1.35 bits per heavy atom. The summed E-state index contributed by atoms with van der Waals surface area (Å²) >= 11 is 5.73. The minimum Gasteiger partial charge on any atom is -0.375 e. The highest BCUT2D eigenvalue weighted by Gasteiger charge is 2.42. The Kier molecular flexibility index (Phi) is 4.03. The smallest absolute Gasteiger partial charge is 0.254 e. The number of fused-ring (bicyclic) bond motifs is 1. The molecule has 1 N–H and O–H groups in total. The quantitative estimate of drug-likeness (QED) is 0.920. The van der Waals surface area contributed by atoms with Crippen molar-refractivity contribution in [1.29, 1.82) is 0 Å². The van der Waals surface area contributed by atoms with Crippen LogP contribution >= 0.6 is 11.6 Å². The van der Waals surface area contributed by atoms with Gasteiger partial charge >= 0.3 is 0 Å². The van der Waals surface area contributed by atoms with Gasteiger partial charge in [-0.25, -0.2) is 4.39 Å². The van der Waals surface area contributed by atoms with Gasteiger partial charge in [-0.3, -0.25) is 9.69 Å². The number of nitrogens with one attached hydrogen (secondary N) is 1. The van der Waals surface area contributed by atoms with Crippen molar-refractivity contribution in [2.24, 2.45) is 5.92 Å². The van der Waals surface area contributed by atoms with Crippen LogP contribution in [0.25, 0.3) is 0 Å². The number of ether oxygens (including phenoxy) is 1. The van der Waals surface area contributed by atoms with E-state index in [2.05, 4.69) is 10.2 Å². The molecule has 2 heterocycles. The highest BCUT2D eigenvalue weighted by molar-refractivity contribution is 6.30. The topological polar surface area (TPSA) is 41.6 Å². The van der Waals surface area contributed by atoms with E-state index in [1.165, 1.54) is 31.0 Å². The first kappa shape index (κ1) is 15.4. The number of rotatable bonds is 3. The monoisotopic (exact) mass is 338 g/mol. The van der Waals surface area contributed by atoms with E-state index in [1.54, 1.807) is 0 Å². The SMILES string of the molecule is O=C(N[C@H]1C[C@H]2CO[C@@H](C3CC3)CN2C1)c1ccc(Cl)cc1F. The summed E-state index contributed by atoms with van der Waals surface area (Å²) in [6.07, 6.45) is 3.77. The maximum Gasteiger partial charge on any atom is 0.254 e. The molecule has 4 nitrogen and oxygen atoms in total. The van der Waals surface area contributed by atoms with Crippen LogP contribution in [-0.4, -0.2) is 48.7 Å². The number of carbonyl (C=O) groups excluding carboxylic acids is 1. The van der Waals surface area contributed by atoms with Crippen molar-refractivity contribution in [2.45, 2.75) is 37.5 Å². The first-order chi connectivity index (χ1) is 11.1. The molecule has 2 aliphatic heterocycles. The Labute approximate surface area is 139 Å². The third kappa shape index (κ3) is 3.23. The predicted molar refractivity (Wildman–Crippen MR) is 85.1 cm³/mol. The standard InChI is InChI=1S/C17H20ClFN2O2/c18-11-3-4-14(15(19)5-11)17(22)20-12-6-13-9-23-16(10-1-2-10)8-21(13)7-12/h3-5,10,12-13,16H,1-2,6-9H2,(H,20,22)/t12-,13-,16+/m0/s1. The van der Waals surface area contributed by atoms with Crippen molar-refractivity contribution in [3.05, 3.63) is 34.6 Å². The van der Waals surface area contributed by atoms with Crippen LogP contribution < -0.4 is 5.32 Å². The highest BCUT2D eigenvalue weighted by Crippen LogP contribution is 2.37. The lowest BCUT2D eigenvalue weighted by molar-refractivity contribution is -0.0581. The summed E-state index contributed by atoms with van der Waals surface area (Å²) in [5.41, 5.74) is 0.0476. The van der Waals surface area contributed by atoms with Gasteiger partial charge in [0, 0.05) is 30.2 Å². The predicted octanol–water partition coefficient (Wildman–Crippen LogP) is 2.46. The lowest BCUT2D eigenvalue weighted by atomic mass is 10.1. The molecule has 1 saturated carbocycles. The van der Waals surface area contributed by atoms with Gasteiger partial charge in [0.15, 0.2) is 0 Å². The molecule has 2 saturated heterocycles. The van der Waals surface area contributed by atoms with Gasteiger partial charge in [0.1, 0.15) is 5.82 Å². The van der Waals surface area contributed by atoms with Gasteiger partial charge in [0.2, 0.25) is 0 Å². The number of carbonyl (C=O) groups is 1. The van der Waals surface area contributed by atoms with E-state index < -0.39 is 5.82 Å². The first-order valence-corrected chi connectivity index (χ1v) is 8.59. The van der Waals surface area contributed by atoms with Gasteiger partial charge in [-0.2, -0.15) is 0 Å². The van der Waals surface area contributed by atoms with Crippen molar-refractivity contribution in [3.63, 3.8) is 0 Å². The Morgan fingerprint density at radius 3 is 2.91 bits per heavy atom. The molecule has 0 radical (unpaired) electrons. The van der Waals surface area contributed by atoms with Gasteiger partial charge in [-0.05, 0) is 43.4 Å². The third-order valence-electron chi connectivity index (χ3n) is 5.10. The average Bonchev–Trinajstić information content (AvgIpc) is 3.27. The fraction of sp³-hybridized carbons (Fsp3) is 0.588. The number of nitrogens with zero attached hydrogens (tertiary/aromatic N) is 1. The molecule has 6 heteroatoms. The van der Waals surface area contributed by atoms with Crippen LogP contribution in [0.1, 0.15) is 29.6 Å². The average molecular weight is 339 g/mol. The maximum absolute atomic E-state index is 13.8. The van der Waals surface area contributed by atoms with E-state index >= 15 is 0 Å². The summed E-state index contributed by atoms with van der Waals surface area (Å²) < 4.78 is 19.8. The largest absolute Gasteiger partial charge is 0.375 e. The van der Waals surface area contributed by atoms with Crippen LogP contribution in [-0.2, 0) is 4.74 Å². The number of morpholine rings is 1. The Morgan fingerprint density at radius 2 is 2.17 bits per heavy atom. The van der Waals surface area contributed by atoms with Crippen LogP contribution in [0.3, 0.4) is 0 Å². The van der Waals surface area contributed by atoms with Gasteiger partial charge in [0.25, 0.3) is 5.91 Å². The molecule has 4 rings (SSSR count). The van der Waals surface area contributed by atoms with Gasteiger partial charge in [-0.1, -0.05) is 11.6 Å². The van der Waals surface area contributed by atoms with Crippen LogP contribution in [0.15, 0.2) is 18.2 Å². The summed E-state index contributed by atoms with van der Waals surface area (Å²) in [4.78, 5) is 14.7. The molecule has 23 heavy (non-hydrogen) atoms. The van der Waals surface area contributed by atoms with Gasteiger partial charge in [0.05, 0.1) is 18.3 Å². The van der Waals surface area contributed by atoms with E-state index in [4.69, 9.17) is 16.3 Å². The first-order valence-electron chi connectivity index (χ1n) is 8.21. The zero-order chi connectivity index (χ0) is 16.0. The lowest BCUT2D eigenvalue weighted by Gasteiger charge is -2.35. The zero-order valence-electron chi connectivity index (χ0n) is 12.8. The molecular weight excluding hydrogens is 319 g/mol. The Balaban J connectivity index is 1.37. The minimum atomic E-state index is -0.581. The molecule has 0 unspecified atom stereocenters. The molecule has 1 aromatic rings. The van der Waals surface area contributed by atoms with Crippen molar-refractivity contribution >= 4 is 17.5 Å². The summed E-state index contributed by atoms with van der Waals surface area (Å²) in [7, 11) is 0. The zero-order valence-corrected chi connectivity index (χ0v) is 13.6.